The fourth-order valence-corrected chi connectivity index (χ4v) is 5.84. The Bertz CT molecular complexity index is 1210. The maximum absolute atomic E-state index is 13.0. The molecule has 1 atom stereocenters. The zero-order chi connectivity index (χ0) is 21.6. The van der Waals surface area contributed by atoms with Gasteiger partial charge < -0.3 is 10.2 Å². The van der Waals surface area contributed by atoms with Crippen LogP contribution in [0.25, 0.3) is 0 Å². The third kappa shape index (κ3) is 3.54. The minimum Gasteiger partial charge on any atom is -0.506 e. The Morgan fingerprint density at radius 2 is 1.41 bits per heavy atom. The average Bonchev–Trinajstić information content (AvgIpc) is 2.64. The van der Waals surface area contributed by atoms with Gasteiger partial charge >= 0.3 is 0 Å². The van der Waals surface area contributed by atoms with Crippen LogP contribution in [0.5, 0.6) is 11.5 Å². The quantitative estimate of drug-likeness (QED) is 0.311. The first kappa shape index (κ1) is 22.0. The minimum absolute atomic E-state index is 0.0607. The molecule has 10 heteroatoms. The van der Waals surface area contributed by atoms with Crippen LogP contribution in [-0.2, 0) is 14.9 Å². The second kappa shape index (κ2) is 7.87. The molecule has 0 spiro atoms. The largest absolute Gasteiger partial charge is 0.506 e. The fraction of sp³-hybridized carbons (Fsp3) is 0.0526. The standard InChI is InChI=1S/C19H12Cl4O5S/c20-11-4-1-3-10(9-11)19(29(26,27)28,12-5-2-6-14(24)17(12)22)16-13(21)7-8-15(25)18(16)23/h1-9,24-25H,(H,26,27,28). The molecule has 29 heavy (non-hydrogen) atoms. The van der Waals surface area contributed by atoms with E-state index in [2.05, 4.69) is 0 Å². The van der Waals surface area contributed by atoms with Gasteiger partial charge in [-0.05, 0) is 35.9 Å². The maximum Gasteiger partial charge on any atom is 0.283 e. The topological polar surface area (TPSA) is 94.8 Å². The van der Waals surface area contributed by atoms with Crippen molar-refractivity contribution in [1.82, 2.24) is 0 Å². The molecule has 0 aliphatic rings. The molecule has 0 saturated carbocycles. The van der Waals surface area contributed by atoms with Gasteiger partial charge in [-0.3, -0.25) is 4.55 Å². The van der Waals surface area contributed by atoms with Crippen molar-refractivity contribution in [3.63, 3.8) is 0 Å². The lowest BCUT2D eigenvalue weighted by molar-refractivity contribution is 0.455. The van der Waals surface area contributed by atoms with E-state index in [1.165, 1.54) is 54.6 Å². The molecule has 0 heterocycles. The maximum atomic E-state index is 13.0. The van der Waals surface area contributed by atoms with E-state index in [-0.39, 0.29) is 31.8 Å². The number of hydrogen-bond donors (Lipinski definition) is 3. The van der Waals surface area contributed by atoms with Gasteiger partial charge in [0.25, 0.3) is 10.1 Å². The highest BCUT2D eigenvalue weighted by Gasteiger charge is 2.52. The number of phenols is 2. The van der Waals surface area contributed by atoms with Crippen molar-refractivity contribution in [2.45, 2.75) is 4.75 Å². The molecule has 0 amide bonds. The van der Waals surface area contributed by atoms with Gasteiger partial charge in [-0.1, -0.05) is 70.7 Å². The van der Waals surface area contributed by atoms with Crippen molar-refractivity contribution in [2.75, 3.05) is 0 Å². The molecule has 0 aliphatic heterocycles. The second-order valence-corrected chi connectivity index (χ2v) is 9.22. The molecule has 5 nitrogen and oxygen atoms in total. The van der Waals surface area contributed by atoms with E-state index in [1.54, 1.807) is 0 Å². The van der Waals surface area contributed by atoms with Crippen molar-refractivity contribution < 1.29 is 23.2 Å². The zero-order valence-corrected chi connectivity index (χ0v) is 18.1. The van der Waals surface area contributed by atoms with E-state index >= 15 is 0 Å². The van der Waals surface area contributed by atoms with E-state index in [9.17, 15) is 23.2 Å². The molecule has 3 aromatic carbocycles. The number of halogens is 4. The summed E-state index contributed by atoms with van der Waals surface area (Å²) in [4.78, 5) is 0. The summed E-state index contributed by atoms with van der Waals surface area (Å²) >= 11 is 24.9. The first-order valence-corrected chi connectivity index (χ1v) is 10.9. The van der Waals surface area contributed by atoms with Crippen LogP contribution in [0.15, 0.2) is 54.6 Å². The molecule has 0 radical (unpaired) electrons. The number of benzene rings is 3. The molecule has 0 saturated heterocycles. The summed E-state index contributed by atoms with van der Waals surface area (Å²) in [6.45, 7) is 0. The Balaban J connectivity index is 2.68. The van der Waals surface area contributed by atoms with Gasteiger partial charge in [0.15, 0.2) is 4.75 Å². The van der Waals surface area contributed by atoms with Crippen LogP contribution in [-0.4, -0.2) is 23.2 Å². The molecule has 0 bridgehead atoms. The van der Waals surface area contributed by atoms with Gasteiger partial charge in [-0.2, -0.15) is 8.42 Å². The second-order valence-electron chi connectivity index (χ2n) is 6.06. The number of rotatable bonds is 4. The van der Waals surface area contributed by atoms with Crippen LogP contribution in [0, 0.1) is 0 Å². The molecule has 0 fully saturated rings. The summed E-state index contributed by atoms with van der Waals surface area (Å²) in [5, 5.41) is 19.5. The third-order valence-corrected chi connectivity index (χ3v) is 7.16. The highest BCUT2D eigenvalue weighted by Crippen LogP contribution is 2.53. The van der Waals surface area contributed by atoms with Gasteiger partial charge in [0, 0.05) is 21.2 Å². The number of phenolic OH excluding ortho intramolecular Hbond substituents is 2. The first-order valence-electron chi connectivity index (χ1n) is 7.90. The van der Waals surface area contributed by atoms with Gasteiger partial charge in [-0.15, -0.1) is 0 Å². The fourth-order valence-electron chi connectivity index (χ4n) is 3.21. The van der Waals surface area contributed by atoms with E-state index in [1.807, 2.05) is 0 Å². The van der Waals surface area contributed by atoms with Crippen LogP contribution in [0.3, 0.4) is 0 Å². The smallest absolute Gasteiger partial charge is 0.283 e. The Morgan fingerprint density at radius 1 is 0.793 bits per heavy atom. The third-order valence-electron chi connectivity index (χ3n) is 4.40. The first-order chi connectivity index (χ1) is 13.5. The number of hydrogen-bond acceptors (Lipinski definition) is 4. The van der Waals surface area contributed by atoms with Gasteiger partial charge in [0.05, 0.1) is 10.0 Å². The average molecular weight is 494 g/mol. The van der Waals surface area contributed by atoms with Crippen molar-refractivity contribution in [2.24, 2.45) is 0 Å². The summed E-state index contributed by atoms with van der Waals surface area (Å²) in [5.74, 6) is -0.913. The highest BCUT2D eigenvalue weighted by molar-refractivity contribution is 7.87. The highest BCUT2D eigenvalue weighted by atomic mass is 35.5. The lowest BCUT2D eigenvalue weighted by atomic mass is 9.83. The predicted molar refractivity (Wildman–Crippen MR) is 114 cm³/mol. The van der Waals surface area contributed by atoms with Crippen molar-refractivity contribution >= 4 is 56.5 Å². The predicted octanol–water partition coefficient (Wildman–Crippen LogP) is 5.89. The molecule has 3 aromatic rings. The monoisotopic (exact) mass is 492 g/mol. The Labute approximate surface area is 186 Å². The normalized spacial score (nSPS) is 13.8. The van der Waals surface area contributed by atoms with Crippen molar-refractivity contribution in [1.29, 1.82) is 0 Å². The van der Waals surface area contributed by atoms with Crippen LogP contribution in [0.4, 0.5) is 0 Å². The SMILES string of the molecule is O=S(=O)(O)C(c1cccc(Cl)c1)(c1cccc(O)c1Cl)c1c(Cl)ccc(O)c1Cl. The zero-order valence-electron chi connectivity index (χ0n) is 14.3. The molecule has 3 N–H and O–H groups in total. The van der Waals surface area contributed by atoms with Crippen LogP contribution in [0.2, 0.25) is 20.1 Å². The van der Waals surface area contributed by atoms with E-state index in [0.717, 1.165) is 0 Å². The summed E-state index contributed by atoms with van der Waals surface area (Å²) < 4.78 is 34.0. The summed E-state index contributed by atoms with van der Waals surface area (Å²) in [5.41, 5.74) is -0.647. The summed E-state index contributed by atoms with van der Waals surface area (Å²) in [6, 6.07) is 11.9. The van der Waals surface area contributed by atoms with E-state index < -0.39 is 31.4 Å². The minimum atomic E-state index is -5.14. The lowest BCUT2D eigenvalue weighted by Crippen LogP contribution is -2.39. The van der Waals surface area contributed by atoms with Crippen molar-refractivity contribution in [3.05, 3.63) is 91.4 Å². The van der Waals surface area contributed by atoms with E-state index in [4.69, 9.17) is 46.4 Å². The van der Waals surface area contributed by atoms with Gasteiger partial charge in [-0.25, -0.2) is 0 Å². The molecule has 0 aromatic heterocycles. The summed E-state index contributed by atoms with van der Waals surface area (Å²) in [6.07, 6.45) is 0. The Hall–Kier alpha value is -1.67. The number of aromatic hydroxyl groups is 2. The van der Waals surface area contributed by atoms with Crippen molar-refractivity contribution in [3.8, 4) is 11.5 Å². The molecule has 152 valence electrons. The molecule has 1 unspecified atom stereocenters. The molecular weight excluding hydrogens is 482 g/mol. The Kier molecular flexibility index (Phi) is 5.98. The van der Waals surface area contributed by atoms with Gasteiger partial charge in [0.1, 0.15) is 11.5 Å². The van der Waals surface area contributed by atoms with Gasteiger partial charge in [0.2, 0.25) is 0 Å². The van der Waals surface area contributed by atoms with E-state index in [0.29, 0.717) is 0 Å². The molecular formula is C19H12Cl4O5S. The van der Waals surface area contributed by atoms with Crippen LogP contribution >= 0.6 is 46.4 Å². The van der Waals surface area contributed by atoms with Crippen LogP contribution < -0.4 is 0 Å². The molecule has 0 aliphatic carbocycles. The Morgan fingerprint density at radius 3 is 2.03 bits per heavy atom. The van der Waals surface area contributed by atoms with Crippen LogP contribution in [0.1, 0.15) is 16.7 Å². The summed E-state index contributed by atoms with van der Waals surface area (Å²) in [7, 11) is -5.14. The lowest BCUT2D eigenvalue weighted by Gasteiger charge is -2.34. The molecule has 3 rings (SSSR count).